The number of pyridine rings is 1. The number of nitrogens with two attached hydrogens (primary N) is 1. The van der Waals surface area contributed by atoms with E-state index < -0.39 is 11.7 Å². The van der Waals surface area contributed by atoms with Gasteiger partial charge < -0.3 is 11.1 Å². The summed E-state index contributed by atoms with van der Waals surface area (Å²) in [4.78, 5) is 15.9. The summed E-state index contributed by atoms with van der Waals surface area (Å²) in [5, 5.41) is 2.59. The van der Waals surface area contributed by atoms with Gasteiger partial charge in [0.1, 0.15) is 11.6 Å². The molecule has 2 aromatic rings. The number of nitrogens with zero attached hydrogens (tertiary/aromatic N) is 1. The molecule has 0 bridgehead atoms. The topological polar surface area (TPSA) is 68.0 Å². The predicted octanol–water partition coefficient (Wildman–Crippen LogP) is 3.13. The van der Waals surface area contributed by atoms with E-state index in [1.165, 1.54) is 18.3 Å². The molecule has 3 N–H and O–H groups in total. The Kier molecular flexibility index (Phi) is 3.80. The van der Waals surface area contributed by atoms with Crippen molar-refractivity contribution in [3.8, 4) is 0 Å². The molecule has 2 rings (SSSR count). The number of carbonyl (C=O) groups excluding carboxylic acids is 1. The first-order valence-electron chi connectivity index (χ1n) is 5.45. The lowest BCUT2D eigenvalue weighted by Crippen LogP contribution is -2.15. The fraction of sp³-hybridized carbons (Fsp3) is 0.0769. The number of hydrogen-bond acceptors (Lipinski definition) is 3. The number of amides is 1. The summed E-state index contributed by atoms with van der Waals surface area (Å²) in [5.74, 6) is -0.722. The lowest BCUT2D eigenvalue weighted by Gasteiger charge is -2.08. The number of anilines is 2. The maximum Gasteiger partial charge on any atom is 0.259 e. The first-order valence-corrected chi connectivity index (χ1v) is 6.24. The van der Waals surface area contributed by atoms with Crippen molar-refractivity contribution in [2.45, 2.75) is 6.92 Å². The molecule has 1 heterocycles. The maximum atomic E-state index is 13.2. The van der Waals surface area contributed by atoms with Gasteiger partial charge in [0.25, 0.3) is 5.91 Å². The number of carbonyl (C=O) groups is 1. The molecular weight excluding hydrogens is 313 g/mol. The molecule has 0 aliphatic rings. The van der Waals surface area contributed by atoms with Crippen molar-refractivity contribution < 1.29 is 9.18 Å². The van der Waals surface area contributed by atoms with Gasteiger partial charge in [0, 0.05) is 16.4 Å². The van der Waals surface area contributed by atoms with Gasteiger partial charge in [0.05, 0.1) is 5.56 Å². The quantitative estimate of drug-likeness (QED) is 0.892. The molecule has 19 heavy (non-hydrogen) atoms. The fourth-order valence-corrected chi connectivity index (χ4v) is 1.97. The molecule has 1 aromatic heterocycles. The van der Waals surface area contributed by atoms with E-state index in [-0.39, 0.29) is 11.4 Å². The summed E-state index contributed by atoms with van der Waals surface area (Å²) >= 11 is 3.22. The minimum atomic E-state index is -0.434. The monoisotopic (exact) mass is 323 g/mol. The Labute approximate surface area is 118 Å². The van der Waals surface area contributed by atoms with Crippen LogP contribution < -0.4 is 11.1 Å². The normalized spacial score (nSPS) is 10.3. The number of rotatable bonds is 2. The third-order valence-electron chi connectivity index (χ3n) is 2.43. The Hall–Kier alpha value is -1.95. The Balaban J connectivity index is 2.28. The molecule has 0 aliphatic heterocycles. The molecule has 0 radical (unpaired) electrons. The van der Waals surface area contributed by atoms with Gasteiger partial charge in [-0.2, -0.15) is 0 Å². The van der Waals surface area contributed by atoms with Gasteiger partial charge in [0.2, 0.25) is 0 Å². The number of nitrogens with one attached hydrogen (secondary N) is 1. The van der Waals surface area contributed by atoms with E-state index in [4.69, 9.17) is 5.73 Å². The van der Waals surface area contributed by atoms with Crippen molar-refractivity contribution in [1.29, 1.82) is 0 Å². The zero-order chi connectivity index (χ0) is 14.0. The van der Waals surface area contributed by atoms with Gasteiger partial charge in [-0.15, -0.1) is 0 Å². The third kappa shape index (κ3) is 3.29. The van der Waals surface area contributed by atoms with Crippen LogP contribution in [0.4, 0.5) is 15.9 Å². The number of hydrogen-bond donors (Lipinski definition) is 2. The van der Waals surface area contributed by atoms with Crippen molar-refractivity contribution in [2.24, 2.45) is 0 Å². The smallest absolute Gasteiger partial charge is 0.259 e. The minimum Gasteiger partial charge on any atom is -0.383 e. The van der Waals surface area contributed by atoms with Crippen LogP contribution in [0.3, 0.4) is 0 Å². The van der Waals surface area contributed by atoms with Crippen LogP contribution in [0.1, 0.15) is 15.9 Å². The van der Waals surface area contributed by atoms with Crippen molar-refractivity contribution >= 4 is 33.3 Å². The largest absolute Gasteiger partial charge is 0.383 e. The highest BCUT2D eigenvalue weighted by molar-refractivity contribution is 9.10. The molecule has 6 heteroatoms. The average Bonchev–Trinajstić information content (AvgIpc) is 2.30. The number of nitrogen functional groups attached to an aromatic ring is 1. The van der Waals surface area contributed by atoms with E-state index in [1.807, 2.05) is 0 Å². The highest BCUT2D eigenvalue weighted by Gasteiger charge is 2.12. The van der Waals surface area contributed by atoms with Crippen LogP contribution in [0, 0.1) is 12.7 Å². The zero-order valence-electron chi connectivity index (χ0n) is 10.1. The second-order valence-corrected chi connectivity index (χ2v) is 4.97. The van der Waals surface area contributed by atoms with E-state index >= 15 is 0 Å². The molecule has 0 spiro atoms. The second kappa shape index (κ2) is 5.36. The summed E-state index contributed by atoms with van der Waals surface area (Å²) in [7, 11) is 0. The molecular formula is C13H11BrFN3O. The van der Waals surface area contributed by atoms with Crippen molar-refractivity contribution in [2.75, 3.05) is 11.1 Å². The van der Waals surface area contributed by atoms with E-state index in [1.54, 1.807) is 19.1 Å². The molecule has 0 aliphatic carbocycles. The Morgan fingerprint density at radius 1 is 1.37 bits per heavy atom. The highest BCUT2D eigenvalue weighted by atomic mass is 79.9. The lowest BCUT2D eigenvalue weighted by atomic mass is 10.2. The van der Waals surface area contributed by atoms with Gasteiger partial charge in [-0.05, 0) is 52.7 Å². The standard InChI is InChI=1S/C13H11BrFN3O/c1-7-2-9(15)5-10(3-7)18-13(19)11-4-8(14)6-17-12(11)16/h2-6H,1H3,(H2,16,17)(H,18,19). The molecule has 0 fully saturated rings. The molecule has 1 aromatic carbocycles. The van der Waals surface area contributed by atoms with Crippen LogP contribution in [0.25, 0.3) is 0 Å². The summed E-state index contributed by atoms with van der Waals surface area (Å²) in [6.45, 7) is 1.74. The van der Waals surface area contributed by atoms with Crippen LogP contribution in [0.2, 0.25) is 0 Å². The summed E-state index contributed by atoms with van der Waals surface area (Å²) in [5.41, 5.74) is 6.96. The van der Waals surface area contributed by atoms with Crippen LogP contribution >= 0.6 is 15.9 Å². The van der Waals surface area contributed by atoms with Gasteiger partial charge in [-0.1, -0.05) is 0 Å². The van der Waals surface area contributed by atoms with E-state index in [0.717, 1.165) is 5.56 Å². The molecule has 4 nitrogen and oxygen atoms in total. The highest BCUT2D eigenvalue weighted by Crippen LogP contribution is 2.18. The summed E-state index contributed by atoms with van der Waals surface area (Å²) < 4.78 is 13.9. The van der Waals surface area contributed by atoms with Crippen LogP contribution in [-0.4, -0.2) is 10.9 Å². The first kappa shape index (κ1) is 13.5. The molecule has 0 saturated carbocycles. The molecule has 0 saturated heterocycles. The third-order valence-corrected chi connectivity index (χ3v) is 2.86. The SMILES string of the molecule is Cc1cc(F)cc(NC(=O)c2cc(Br)cnc2N)c1. The lowest BCUT2D eigenvalue weighted by molar-refractivity contribution is 0.102. The summed E-state index contributed by atoms with van der Waals surface area (Å²) in [6.07, 6.45) is 1.50. The number of aryl methyl sites for hydroxylation is 1. The Bertz CT molecular complexity index is 626. The first-order chi connectivity index (χ1) is 8.95. The van der Waals surface area contributed by atoms with Gasteiger partial charge in [-0.3, -0.25) is 4.79 Å². The molecule has 0 atom stereocenters. The van der Waals surface area contributed by atoms with E-state index in [0.29, 0.717) is 10.2 Å². The van der Waals surface area contributed by atoms with E-state index in [9.17, 15) is 9.18 Å². The van der Waals surface area contributed by atoms with Gasteiger partial charge >= 0.3 is 0 Å². The Morgan fingerprint density at radius 3 is 2.79 bits per heavy atom. The van der Waals surface area contributed by atoms with Crippen molar-refractivity contribution in [3.63, 3.8) is 0 Å². The van der Waals surface area contributed by atoms with Gasteiger partial charge in [-0.25, -0.2) is 9.37 Å². The van der Waals surface area contributed by atoms with E-state index in [2.05, 4.69) is 26.2 Å². The van der Waals surface area contributed by atoms with Crippen LogP contribution in [0.5, 0.6) is 0 Å². The fourth-order valence-electron chi connectivity index (χ4n) is 1.64. The zero-order valence-corrected chi connectivity index (χ0v) is 11.7. The molecule has 98 valence electrons. The number of benzene rings is 1. The minimum absolute atomic E-state index is 0.119. The maximum absolute atomic E-state index is 13.2. The van der Waals surface area contributed by atoms with Crippen LogP contribution in [0.15, 0.2) is 34.9 Å². The Morgan fingerprint density at radius 2 is 2.11 bits per heavy atom. The summed E-state index contributed by atoms with van der Waals surface area (Å²) in [6, 6.07) is 5.85. The van der Waals surface area contributed by atoms with Crippen molar-refractivity contribution in [3.05, 3.63) is 51.9 Å². The van der Waals surface area contributed by atoms with Gasteiger partial charge in [0.15, 0.2) is 0 Å². The second-order valence-electron chi connectivity index (χ2n) is 4.06. The number of aromatic nitrogens is 1. The molecule has 0 unspecified atom stereocenters. The average molecular weight is 324 g/mol. The predicted molar refractivity (Wildman–Crippen MR) is 75.4 cm³/mol. The van der Waals surface area contributed by atoms with Crippen LogP contribution in [-0.2, 0) is 0 Å². The molecule has 1 amide bonds. The van der Waals surface area contributed by atoms with Crippen molar-refractivity contribution in [1.82, 2.24) is 4.98 Å². The number of halogens is 2.